The Bertz CT molecular complexity index is 908. The molecule has 0 aliphatic rings. The summed E-state index contributed by atoms with van der Waals surface area (Å²) in [4.78, 5) is 34.1. The molecule has 0 fully saturated rings. The van der Waals surface area contributed by atoms with Gasteiger partial charge in [-0.15, -0.1) is 0 Å². The van der Waals surface area contributed by atoms with Crippen molar-refractivity contribution >= 4 is 34.7 Å². The van der Waals surface area contributed by atoms with E-state index in [2.05, 4.69) is 15.3 Å². The lowest BCUT2D eigenvalue weighted by atomic mass is 10.3. The summed E-state index contributed by atoms with van der Waals surface area (Å²) in [5.74, 6) is -0.740. The van der Waals surface area contributed by atoms with Gasteiger partial charge in [0.25, 0.3) is 5.91 Å². The summed E-state index contributed by atoms with van der Waals surface area (Å²) >= 11 is 6.00. The highest BCUT2D eigenvalue weighted by Gasteiger charge is 2.20. The number of halogens is 1. The number of likely N-dealkylation sites (N-methyl/N-ethyl adjacent to an activating group) is 1. The monoisotopic (exact) mass is 343 g/mol. The maximum absolute atomic E-state index is 12.5. The van der Waals surface area contributed by atoms with E-state index in [1.807, 2.05) is 0 Å². The third-order valence-corrected chi connectivity index (χ3v) is 3.72. The van der Waals surface area contributed by atoms with Gasteiger partial charge in [-0.05, 0) is 12.1 Å². The summed E-state index contributed by atoms with van der Waals surface area (Å²) in [6, 6.07) is 6.90. The molecule has 0 saturated carbocycles. The number of fused-ring (bicyclic) bond motifs is 1. The zero-order valence-corrected chi connectivity index (χ0v) is 13.6. The number of hydrogen-bond donors (Lipinski definition) is 1. The van der Waals surface area contributed by atoms with Crippen LogP contribution in [-0.4, -0.2) is 44.7 Å². The molecule has 1 N–H and O–H groups in total. The van der Waals surface area contributed by atoms with Crippen LogP contribution in [0.2, 0.25) is 5.02 Å². The molecule has 3 rings (SSSR count). The quantitative estimate of drug-likeness (QED) is 0.786. The number of anilines is 1. The molecule has 0 aliphatic heterocycles. The number of nitrogens with one attached hydrogen (secondary N) is 1. The van der Waals surface area contributed by atoms with Crippen molar-refractivity contribution in [2.24, 2.45) is 0 Å². The van der Waals surface area contributed by atoms with Gasteiger partial charge < -0.3 is 14.6 Å². The molecule has 0 radical (unpaired) electrons. The topological polar surface area (TPSA) is 79.6 Å². The number of para-hydroxylation sites is 1. The molecule has 0 spiro atoms. The van der Waals surface area contributed by atoms with E-state index in [0.29, 0.717) is 16.4 Å². The zero-order valence-electron chi connectivity index (χ0n) is 12.8. The highest BCUT2D eigenvalue weighted by Crippen LogP contribution is 2.20. The first-order valence-electron chi connectivity index (χ1n) is 7.14. The van der Waals surface area contributed by atoms with E-state index >= 15 is 0 Å². The summed E-state index contributed by atoms with van der Waals surface area (Å²) in [5, 5.41) is 3.11. The fraction of sp³-hybridized carbons (Fsp3) is 0.125. The summed E-state index contributed by atoms with van der Waals surface area (Å²) in [6.45, 7) is -0.131. The van der Waals surface area contributed by atoms with Crippen LogP contribution in [-0.2, 0) is 4.79 Å². The minimum atomic E-state index is -0.388. The van der Waals surface area contributed by atoms with Crippen molar-refractivity contribution in [1.29, 1.82) is 0 Å². The first-order valence-corrected chi connectivity index (χ1v) is 7.51. The van der Waals surface area contributed by atoms with Crippen molar-refractivity contribution in [3.8, 4) is 0 Å². The molecule has 0 bridgehead atoms. The standard InChI is InChI=1S/C16H14ClN5O2/c1-21(10-13(23)20-12-5-3-2-4-11(12)17)16(24)14-15-19-7-9-22(15)8-6-18-14/h2-9H,10H2,1H3,(H,20,23). The molecule has 1 aromatic carbocycles. The number of aromatic nitrogens is 3. The molecular weight excluding hydrogens is 330 g/mol. The molecule has 0 atom stereocenters. The molecule has 7 nitrogen and oxygen atoms in total. The number of amides is 2. The van der Waals surface area contributed by atoms with E-state index in [1.54, 1.807) is 47.3 Å². The Morgan fingerprint density at radius 1 is 1.21 bits per heavy atom. The maximum Gasteiger partial charge on any atom is 0.276 e. The number of rotatable bonds is 4. The Labute approximate surface area is 142 Å². The highest BCUT2D eigenvalue weighted by atomic mass is 35.5. The molecule has 2 amide bonds. The Hall–Kier alpha value is -2.93. The van der Waals surface area contributed by atoms with E-state index in [1.165, 1.54) is 18.1 Å². The third-order valence-electron chi connectivity index (χ3n) is 3.39. The average molecular weight is 344 g/mol. The zero-order chi connectivity index (χ0) is 17.1. The largest absolute Gasteiger partial charge is 0.331 e. The second-order valence-electron chi connectivity index (χ2n) is 5.12. The van der Waals surface area contributed by atoms with Crippen molar-refractivity contribution < 1.29 is 9.59 Å². The lowest BCUT2D eigenvalue weighted by Crippen LogP contribution is -2.35. The predicted molar refractivity (Wildman–Crippen MR) is 90.0 cm³/mol. The summed E-state index contributed by atoms with van der Waals surface area (Å²) in [6.07, 6.45) is 6.51. The van der Waals surface area contributed by atoms with Crippen molar-refractivity contribution in [3.63, 3.8) is 0 Å². The average Bonchev–Trinajstić information content (AvgIpc) is 3.04. The SMILES string of the molecule is CN(CC(=O)Nc1ccccc1Cl)C(=O)c1nccn2ccnc12. The van der Waals surface area contributed by atoms with E-state index in [-0.39, 0.29) is 24.1 Å². The van der Waals surface area contributed by atoms with Gasteiger partial charge in [-0.1, -0.05) is 23.7 Å². The van der Waals surface area contributed by atoms with Gasteiger partial charge >= 0.3 is 0 Å². The van der Waals surface area contributed by atoms with Crippen LogP contribution >= 0.6 is 11.6 Å². The second kappa shape index (κ2) is 6.67. The molecular formula is C16H14ClN5O2. The number of nitrogens with zero attached hydrogens (tertiary/aromatic N) is 4. The Balaban J connectivity index is 1.71. The molecule has 3 aromatic rings. The minimum Gasteiger partial charge on any atom is -0.331 e. The summed E-state index contributed by atoms with van der Waals surface area (Å²) < 4.78 is 1.69. The van der Waals surface area contributed by atoms with E-state index in [0.717, 1.165) is 0 Å². The van der Waals surface area contributed by atoms with E-state index < -0.39 is 0 Å². The Morgan fingerprint density at radius 3 is 2.67 bits per heavy atom. The van der Waals surface area contributed by atoms with Crippen molar-refractivity contribution in [3.05, 3.63) is 59.8 Å². The first-order chi connectivity index (χ1) is 11.6. The molecule has 0 saturated heterocycles. The molecule has 0 unspecified atom stereocenters. The van der Waals surface area contributed by atoms with Crippen molar-refractivity contribution in [2.75, 3.05) is 18.9 Å². The van der Waals surface area contributed by atoms with Crippen LogP contribution in [0.3, 0.4) is 0 Å². The maximum atomic E-state index is 12.5. The number of carbonyl (C=O) groups is 2. The third kappa shape index (κ3) is 3.21. The van der Waals surface area contributed by atoms with Gasteiger partial charge in [0.2, 0.25) is 5.91 Å². The van der Waals surface area contributed by atoms with Gasteiger partial charge in [0, 0.05) is 31.8 Å². The van der Waals surface area contributed by atoms with E-state index in [9.17, 15) is 9.59 Å². The first kappa shape index (κ1) is 15.9. The van der Waals surface area contributed by atoms with Crippen LogP contribution in [0.4, 0.5) is 5.69 Å². The fourth-order valence-corrected chi connectivity index (χ4v) is 2.41. The Morgan fingerprint density at radius 2 is 1.92 bits per heavy atom. The van der Waals surface area contributed by atoms with Crippen LogP contribution in [0.5, 0.6) is 0 Å². The van der Waals surface area contributed by atoms with Crippen LogP contribution in [0.1, 0.15) is 10.5 Å². The fourth-order valence-electron chi connectivity index (χ4n) is 2.23. The highest BCUT2D eigenvalue weighted by molar-refractivity contribution is 6.33. The second-order valence-corrected chi connectivity index (χ2v) is 5.53. The number of benzene rings is 1. The van der Waals surface area contributed by atoms with Crippen molar-refractivity contribution in [1.82, 2.24) is 19.3 Å². The lowest BCUT2D eigenvalue weighted by Gasteiger charge is -2.17. The normalized spacial score (nSPS) is 10.6. The van der Waals surface area contributed by atoms with Crippen LogP contribution in [0.15, 0.2) is 49.1 Å². The molecule has 2 aromatic heterocycles. The number of imidazole rings is 1. The molecule has 2 heterocycles. The van der Waals surface area contributed by atoms with Crippen LogP contribution in [0.25, 0.3) is 5.65 Å². The number of carbonyl (C=O) groups excluding carboxylic acids is 2. The van der Waals surface area contributed by atoms with Crippen LogP contribution < -0.4 is 5.32 Å². The summed E-state index contributed by atoms with van der Waals surface area (Å²) in [5.41, 5.74) is 1.13. The van der Waals surface area contributed by atoms with Gasteiger partial charge in [0.15, 0.2) is 11.3 Å². The van der Waals surface area contributed by atoms with Gasteiger partial charge in [0.1, 0.15) is 0 Å². The van der Waals surface area contributed by atoms with Gasteiger partial charge in [0.05, 0.1) is 17.3 Å². The van der Waals surface area contributed by atoms with E-state index in [4.69, 9.17) is 11.6 Å². The van der Waals surface area contributed by atoms with Gasteiger partial charge in [-0.25, -0.2) is 9.97 Å². The summed E-state index contributed by atoms with van der Waals surface area (Å²) in [7, 11) is 1.53. The van der Waals surface area contributed by atoms with Crippen LogP contribution in [0, 0.1) is 0 Å². The minimum absolute atomic E-state index is 0.131. The smallest absolute Gasteiger partial charge is 0.276 e. The van der Waals surface area contributed by atoms with Gasteiger partial charge in [-0.3, -0.25) is 9.59 Å². The molecule has 24 heavy (non-hydrogen) atoms. The molecule has 8 heteroatoms. The van der Waals surface area contributed by atoms with Gasteiger partial charge in [-0.2, -0.15) is 0 Å². The molecule has 122 valence electrons. The predicted octanol–water partition coefficient (Wildman–Crippen LogP) is 2.09. The number of hydrogen-bond acceptors (Lipinski definition) is 4. The lowest BCUT2D eigenvalue weighted by molar-refractivity contribution is -0.116. The molecule has 0 aliphatic carbocycles. The Kier molecular flexibility index (Phi) is 4.43. The van der Waals surface area contributed by atoms with Crippen molar-refractivity contribution in [2.45, 2.75) is 0 Å².